The number of sulfonamides is 1. The molecule has 0 heterocycles. The second kappa shape index (κ2) is 7.75. The van der Waals surface area contributed by atoms with E-state index in [-0.39, 0.29) is 24.2 Å². The van der Waals surface area contributed by atoms with Gasteiger partial charge < -0.3 is 5.32 Å². The number of rotatable bonds is 7. The fourth-order valence-corrected chi connectivity index (χ4v) is 3.02. The van der Waals surface area contributed by atoms with Crippen LogP contribution >= 0.6 is 15.9 Å². The molecule has 1 aromatic rings. The highest BCUT2D eigenvalue weighted by molar-refractivity contribution is 9.10. The molecule has 7 heteroatoms. The van der Waals surface area contributed by atoms with Crippen molar-refractivity contribution in [3.63, 3.8) is 0 Å². The molecule has 0 aliphatic carbocycles. The van der Waals surface area contributed by atoms with E-state index in [4.69, 9.17) is 0 Å². The number of hydrogen-bond acceptors (Lipinski definition) is 3. The van der Waals surface area contributed by atoms with Crippen LogP contribution in [0.25, 0.3) is 0 Å². The van der Waals surface area contributed by atoms with Gasteiger partial charge in [-0.3, -0.25) is 4.79 Å². The summed E-state index contributed by atoms with van der Waals surface area (Å²) in [7, 11) is -3.52. The highest BCUT2D eigenvalue weighted by Gasteiger charge is 2.14. The average molecular weight is 363 g/mol. The predicted molar refractivity (Wildman–Crippen MR) is 82.7 cm³/mol. The summed E-state index contributed by atoms with van der Waals surface area (Å²) in [5, 5.41) is 2.70. The van der Waals surface area contributed by atoms with Crippen LogP contribution in [0.3, 0.4) is 0 Å². The summed E-state index contributed by atoms with van der Waals surface area (Å²) in [5.41, 5.74) is 0.661. The van der Waals surface area contributed by atoms with Gasteiger partial charge in [-0.05, 0) is 31.0 Å². The molecule has 0 aliphatic rings. The third-order valence-electron chi connectivity index (χ3n) is 2.72. The fourth-order valence-electron chi connectivity index (χ4n) is 1.50. The molecule has 0 aromatic heterocycles. The van der Waals surface area contributed by atoms with E-state index in [1.54, 1.807) is 18.2 Å². The minimum absolute atomic E-state index is 0.0390. The zero-order chi connectivity index (χ0) is 15.2. The van der Waals surface area contributed by atoms with Gasteiger partial charge in [0.25, 0.3) is 0 Å². The maximum atomic E-state index is 11.9. The molecule has 0 radical (unpaired) electrons. The van der Waals surface area contributed by atoms with Gasteiger partial charge in [0, 0.05) is 10.5 Å². The van der Waals surface area contributed by atoms with Crippen molar-refractivity contribution in [3.8, 4) is 0 Å². The Hall–Kier alpha value is -0.920. The van der Waals surface area contributed by atoms with Crippen LogP contribution in [0.2, 0.25) is 0 Å². The molecule has 1 aromatic carbocycles. The van der Waals surface area contributed by atoms with E-state index in [1.165, 1.54) is 0 Å². The van der Waals surface area contributed by atoms with Gasteiger partial charge in [0.2, 0.25) is 15.9 Å². The first-order valence-electron chi connectivity index (χ1n) is 6.33. The van der Waals surface area contributed by atoms with Crippen LogP contribution in [0.1, 0.15) is 25.8 Å². The number of halogens is 1. The van der Waals surface area contributed by atoms with E-state index < -0.39 is 10.0 Å². The van der Waals surface area contributed by atoms with Gasteiger partial charge in [0.15, 0.2) is 0 Å². The maximum absolute atomic E-state index is 11.9. The van der Waals surface area contributed by atoms with Crippen LogP contribution < -0.4 is 10.0 Å². The molecule has 5 nitrogen and oxygen atoms in total. The Labute approximate surface area is 128 Å². The Morgan fingerprint density at radius 1 is 1.40 bits per heavy atom. The van der Waals surface area contributed by atoms with Crippen LogP contribution in [0.4, 0.5) is 0 Å². The predicted octanol–water partition coefficient (Wildman–Crippen LogP) is 1.78. The second-order valence-electron chi connectivity index (χ2n) is 4.59. The smallest absolute Gasteiger partial charge is 0.235 e. The third-order valence-corrected chi connectivity index (χ3v) is 4.51. The van der Waals surface area contributed by atoms with Gasteiger partial charge in [0.1, 0.15) is 0 Å². The molecule has 1 amide bonds. The average Bonchev–Trinajstić information content (AvgIpc) is 2.36. The standard InChI is InChI=1S/C13H19BrN2O3S/c1-3-10(2)16-13(17)8-15-20(18,19)9-11-5-4-6-12(14)7-11/h4-7,10,15H,3,8-9H2,1-2H3,(H,16,17). The van der Waals surface area contributed by atoms with Crippen LogP contribution in [0.5, 0.6) is 0 Å². The van der Waals surface area contributed by atoms with Crippen molar-refractivity contribution in [1.29, 1.82) is 0 Å². The number of amides is 1. The monoisotopic (exact) mass is 362 g/mol. The molecular weight excluding hydrogens is 344 g/mol. The molecule has 2 N–H and O–H groups in total. The largest absolute Gasteiger partial charge is 0.353 e. The molecule has 112 valence electrons. The van der Waals surface area contributed by atoms with E-state index in [0.717, 1.165) is 10.9 Å². The second-order valence-corrected chi connectivity index (χ2v) is 7.31. The number of carbonyl (C=O) groups excluding carboxylic acids is 1. The summed E-state index contributed by atoms with van der Waals surface area (Å²) in [4.78, 5) is 11.5. The lowest BCUT2D eigenvalue weighted by molar-refractivity contribution is -0.120. The Morgan fingerprint density at radius 3 is 2.70 bits per heavy atom. The molecule has 0 saturated heterocycles. The van der Waals surface area contributed by atoms with Crippen molar-refractivity contribution in [2.45, 2.75) is 32.1 Å². The van der Waals surface area contributed by atoms with Crippen LogP contribution in [0.15, 0.2) is 28.7 Å². The molecule has 0 saturated carbocycles. The van der Waals surface area contributed by atoms with Crippen LogP contribution in [0, 0.1) is 0 Å². The molecule has 20 heavy (non-hydrogen) atoms. The van der Waals surface area contributed by atoms with Crippen molar-refractivity contribution in [3.05, 3.63) is 34.3 Å². The first-order chi connectivity index (χ1) is 9.32. The SMILES string of the molecule is CCC(C)NC(=O)CNS(=O)(=O)Cc1cccc(Br)c1. The zero-order valence-electron chi connectivity index (χ0n) is 11.5. The number of carbonyl (C=O) groups is 1. The van der Waals surface area contributed by atoms with E-state index >= 15 is 0 Å². The van der Waals surface area contributed by atoms with Crippen LogP contribution in [-0.4, -0.2) is 26.9 Å². The molecule has 0 aliphatic heterocycles. The number of nitrogens with one attached hydrogen (secondary N) is 2. The fraction of sp³-hybridized carbons (Fsp3) is 0.462. The van der Waals surface area contributed by atoms with E-state index in [1.807, 2.05) is 19.9 Å². The minimum Gasteiger partial charge on any atom is -0.353 e. The summed E-state index contributed by atoms with van der Waals surface area (Å²) in [6, 6.07) is 7.09. The normalized spacial score (nSPS) is 12.9. The summed E-state index contributed by atoms with van der Waals surface area (Å²) in [6.45, 7) is 3.58. The summed E-state index contributed by atoms with van der Waals surface area (Å²) < 4.78 is 26.8. The summed E-state index contributed by atoms with van der Waals surface area (Å²) >= 11 is 3.29. The third kappa shape index (κ3) is 6.49. The van der Waals surface area contributed by atoms with Gasteiger partial charge >= 0.3 is 0 Å². The Bertz CT molecular complexity index is 560. The van der Waals surface area contributed by atoms with Gasteiger partial charge in [-0.1, -0.05) is 35.0 Å². The van der Waals surface area contributed by atoms with Crippen molar-refractivity contribution in [1.82, 2.24) is 10.0 Å². The molecule has 1 atom stereocenters. The highest BCUT2D eigenvalue weighted by Crippen LogP contribution is 2.13. The quantitative estimate of drug-likeness (QED) is 0.776. The van der Waals surface area contributed by atoms with Crippen molar-refractivity contribution in [2.75, 3.05) is 6.54 Å². The Morgan fingerprint density at radius 2 is 2.10 bits per heavy atom. The van der Waals surface area contributed by atoms with Gasteiger partial charge in [0.05, 0.1) is 12.3 Å². The molecule has 0 bridgehead atoms. The molecule has 0 spiro atoms. The molecule has 1 unspecified atom stereocenters. The minimum atomic E-state index is -3.52. The topological polar surface area (TPSA) is 75.3 Å². The zero-order valence-corrected chi connectivity index (χ0v) is 13.9. The Balaban J connectivity index is 2.52. The lowest BCUT2D eigenvalue weighted by atomic mass is 10.2. The van der Waals surface area contributed by atoms with Crippen molar-refractivity contribution < 1.29 is 13.2 Å². The van der Waals surface area contributed by atoms with Gasteiger partial charge in [-0.15, -0.1) is 0 Å². The molecular formula is C13H19BrN2O3S. The van der Waals surface area contributed by atoms with E-state index in [9.17, 15) is 13.2 Å². The first kappa shape index (κ1) is 17.1. The number of benzene rings is 1. The Kier molecular flexibility index (Phi) is 6.64. The van der Waals surface area contributed by atoms with Crippen LogP contribution in [-0.2, 0) is 20.6 Å². The highest BCUT2D eigenvalue weighted by atomic mass is 79.9. The van der Waals surface area contributed by atoms with E-state index in [0.29, 0.717) is 5.56 Å². The lowest BCUT2D eigenvalue weighted by Crippen LogP contribution is -2.40. The van der Waals surface area contributed by atoms with Gasteiger partial charge in [-0.25, -0.2) is 13.1 Å². The van der Waals surface area contributed by atoms with E-state index in [2.05, 4.69) is 26.0 Å². The van der Waals surface area contributed by atoms with Gasteiger partial charge in [-0.2, -0.15) is 0 Å². The maximum Gasteiger partial charge on any atom is 0.235 e. The molecule has 0 fully saturated rings. The number of hydrogen-bond donors (Lipinski definition) is 2. The lowest BCUT2D eigenvalue weighted by Gasteiger charge is -2.12. The first-order valence-corrected chi connectivity index (χ1v) is 8.78. The van der Waals surface area contributed by atoms with Crippen molar-refractivity contribution in [2.24, 2.45) is 0 Å². The summed E-state index contributed by atoms with van der Waals surface area (Å²) in [6.07, 6.45) is 0.802. The van der Waals surface area contributed by atoms with Crippen molar-refractivity contribution >= 4 is 31.9 Å². The molecule has 1 rings (SSSR count). The summed E-state index contributed by atoms with van der Waals surface area (Å²) in [5.74, 6) is -0.472.